The normalized spacial score (nSPS) is 11.2. The number of hydrogen-bond acceptors (Lipinski definition) is 5. The van der Waals surface area contributed by atoms with E-state index in [0.717, 1.165) is 19.6 Å². The Morgan fingerprint density at radius 3 is 2.31 bits per heavy atom. The lowest BCUT2D eigenvalue weighted by molar-refractivity contribution is -0.122. The van der Waals surface area contributed by atoms with Crippen molar-refractivity contribution in [1.82, 2.24) is 15.5 Å². The van der Waals surface area contributed by atoms with Crippen LogP contribution in [-0.4, -0.2) is 57.1 Å². The number of rotatable bonds is 10. The fourth-order valence-corrected chi connectivity index (χ4v) is 2.42. The molecule has 144 valence electrons. The Morgan fingerprint density at radius 1 is 1.12 bits per heavy atom. The number of nitrogens with zero attached hydrogens (tertiary/aromatic N) is 1. The zero-order valence-electron chi connectivity index (χ0n) is 16.2. The van der Waals surface area contributed by atoms with Crippen LogP contribution in [0.4, 0.5) is 0 Å². The lowest BCUT2D eigenvalue weighted by Crippen LogP contribution is -2.38. The fourth-order valence-electron chi connectivity index (χ4n) is 2.42. The van der Waals surface area contributed by atoms with Crippen molar-refractivity contribution >= 4 is 17.9 Å². The summed E-state index contributed by atoms with van der Waals surface area (Å²) in [6, 6.07) is 5.27. The van der Waals surface area contributed by atoms with Crippen LogP contribution < -0.4 is 20.1 Å². The summed E-state index contributed by atoms with van der Waals surface area (Å²) >= 11 is 0. The molecule has 2 N–H and O–H groups in total. The average molecular weight is 363 g/mol. The Kier molecular flexibility index (Phi) is 9.22. The summed E-state index contributed by atoms with van der Waals surface area (Å²) in [5, 5.41) is 5.42. The minimum Gasteiger partial charge on any atom is -0.493 e. The van der Waals surface area contributed by atoms with Gasteiger partial charge >= 0.3 is 0 Å². The third-order valence-corrected chi connectivity index (χ3v) is 3.88. The average Bonchev–Trinajstić information content (AvgIpc) is 2.64. The Balaban J connectivity index is 2.93. The lowest BCUT2D eigenvalue weighted by Gasteiger charge is -2.18. The lowest BCUT2D eigenvalue weighted by atomic mass is 10.1. The molecule has 1 aromatic carbocycles. The summed E-state index contributed by atoms with van der Waals surface area (Å²) in [6.07, 6.45) is 1.61. The molecular weight excluding hydrogens is 334 g/mol. The molecule has 0 aliphatic rings. The molecule has 2 amide bonds. The first-order valence-corrected chi connectivity index (χ1v) is 8.66. The van der Waals surface area contributed by atoms with Crippen molar-refractivity contribution < 1.29 is 19.1 Å². The second-order valence-corrected chi connectivity index (χ2v) is 5.64. The predicted molar refractivity (Wildman–Crippen MR) is 102 cm³/mol. The van der Waals surface area contributed by atoms with Crippen LogP contribution in [0.3, 0.4) is 0 Å². The van der Waals surface area contributed by atoms with E-state index < -0.39 is 0 Å². The summed E-state index contributed by atoms with van der Waals surface area (Å²) in [5.41, 5.74) is 0.898. The number of likely N-dealkylation sites (N-methyl/N-ethyl adjacent to an activating group) is 1. The molecule has 0 radical (unpaired) electrons. The van der Waals surface area contributed by atoms with Gasteiger partial charge in [0.1, 0.15) is 5.70 Å². The standard InChI is InChI=1S/C19H29N3O4/c1-6-22(7-2)11-10-20-19(24)16(21-14(3)23)12-15-8-9-17(25-4)18(13-15)26-5/h8-9,12-13H,6-7,10-11H2,1-5H3,(H,20,24)(H,21,23)/b16-12-. The highest BCUT2D eigenvalue weighted by Gasteiger charge is 2.12. The van der Waals surface area contributed by atoms with Gasteiger partial charge in [-0.05, 0) is 36.9 Å². The first-order valence-electron chi connectivity index (χ1n) is 8.66. The quantitative estimate of drug-likeness (QED) is 0.618. The van der Waals surface area contributed by atoms with Crippen LogP contribution in [0.15, 0.2) is 23.9 Å². The Hall–Kier alpha value is -2.54. The largest absolute Gasteiger partial charge is 0.493 e. The van der Waals surface area contributed by atoms with Gasteiger partial charge in [0, 0.05) is 20.0 Å². The van der Waals surface area contributed by atoms with Crippen molar-refractivity contribution in [3.8, 4) is 11.5 Å². The molecule has 0 atom stereocenters. The number of benzene rings is 1. The topological polar surface area (TPSA) is 79.9 Å². The summed E-state index contributed by atoms with van der Waals surface area (Å²) in [7, 11) is 3.10. The van der Waals surface area contributed by atoms with Gasteiger partial charge in [0.25, 0.3) is 5.91 Å². The fraction of sp³-hybridized carbons (Fsp3) is 0.474. The second-order valence-electron chi connectivity index (χ2n) is 5.64. The van der Waals surface area contributed by atoms with Gasteiger partial charge in [-0.2, -0.15) is 0 Å². The second kappa shape index (κ2) is 11.1. The van der Waals surface area contributed by atoms with Crippen molar-refractivity contribution in [2.24, 2.45) is 0 Å². The van der Waals surface area contributed by atoms with Crippen LogP contribution in [0.5, 0.6) is 11.5 Å². The van der Waals surface area contributed by atoms with E-state index in [1.165, 1.54) is 6.92 Å². The number of carbonyl (C=O) groups is 2. The molecule has 1 rings (SSSR count). The molecule has 0 heterocycles. The van der Waals surface area contributed by atoms with E-state index in [9.17, 15) is 9.59 Å². The summed E-state index contributed by atoms with van der Waals surface area (Å²) in [6.45, 7) is 8.62. The molecule has 0 aliphatic heterocycles. The number of ether oxygens (including phenoxy) is 2. The van der Waals surface area contributed by atoms with Crippen molar-refractivity contribution in [1.29, 1.82) is 0 Å². The van der Waals surface area contributed by atoms with Gasteiger partial charge in [-0.1, -0.05) is 19.9 Å². The van der Waals surface area contributed by atoms with E-state index >= 15 is 0 Å². The van der Waals surface area contributed by atoms with E-state index in [2.05, 4.69) is 29.4 Å². The number of hydrogen-bond donors (Lipinski definition) is 2. The molecule has 7 nitrogen and oxygen atoms in total. The molecule has 0 unspecified atom stereocenters. The monoisotopic (exact) mass is 363 g/mol. The van der Waals surface area contributed by atoms with Crippen LogP contribution in [0.2, 0.25) is 0 Å². The first-order chi connectivity index (χ1) is 12.4. The molecule has 0 aromatic heterocycles. The van der Waals surface area contributed by atoms with Crippen molar-refractivity contribution in [2.75, 3.05) is 40.4 Å². The molecule has 1 aromatic rings. The van der Waals surface area contributed by atoms with Gasteiger partial charge in [0.15, 0.2) is 11.5 Å². The zero-order valence-corrected chi connectivity index (χ0v) is 16.2. The maximum Gasteiger partial charge on any atom is 0.267 e. The first kappa shape index (κ1) is 21.5. The van der Waals surface area contributed by atoms with Crippen molar-refractivity contribution in [3.05, 3.63) is 29.5 Å². The SMILES string of the molecule is CCN(CC)CCNC(=O)/C(=C/c1ccc(OC)c(OC)c1)NC(C)=O. The third kappa shape index (κ3) is 6.76. The van der Waals surface area contributed by atoms with Crippen LogP contribution in [0.1, 0.15) is 26.3 Å². The molecule has 0 fully saturated rings. The van der Waals surface area contributed by atoms with E-state index in [4.69, 9.17) is 9.47 Å². The maximum absolute atomic E-state index is 12.5. The van der Waals surface area contributed by atoms with Gasteiger partial charge in [-0.15, -0.1) is 0 Å². The molecule has 0 saturated carbocycles. The number of carbonyl (C=O) groups excluding carboxylic acids is 2. The minimum atomic E-state index is -0.331. The van der Waals surface area contributed by atoms with Crippen molar-refractivity contribution in [3.63, 3.8) is 0 Å². The van der Waals surface area contributed by atoms with E-state index in [0.29, 0.717) is 23.6 Å². The van der Waals surface area contributed by atoms with E-state index in [1.54, 1.807) is 38.5 Å². The van der Waals surface area contributed by atoms with Gasteiger partial charge in [-0.3, -0.25) is 9.59 Å². The van der Waals surface area contributed by atoms with Gasteiger partial charge in [-0.25, -0.2) is 0 Å². The maximum atomic E-state index is 12.5. The number of amides is 2. The molecule has 0 spiro atoms. The Bertz CT molecular complexity index is 640. The molecule has 0 bridgehead atoms. The number of nitrogens with one attached hydrogen (secondary N) is 2. The van der Waals surface area contributed by atoms with E-state index in [-0.39, 0.29) is 17.5 Å². The number of methoxy groups -OCH3 is 2. The van der Waals surface area contributed by atoms with Crippen LogP contribution in [0, 0.1) is 0 Å². The summed E-state index contributed by atoms with van der Waals surface area (Å²) in [5.74, 6) is 0.498. The van der Waals surface area contributed by atoms with Gasteiger partial charge < -0.3 is 25.0 Å². The van der Waals surface area contributed by atoms with Crippen molar-refractivity contribution in [2.45, 2.75) is 20.8 Å². The zero-order chi connectivity index (χ0) is 19.5. The van der Waals surface area contributed by atoms with Crippen LogP contribution in [0.25, 0.3) is 6.08 Å². The highest BCUT2D eigenvalue weighted by molar-refractivity contribution is 6.00. The Labute approximate surface area is 155 Å². The van der Waals surface area contributed by atoms with E-state index in [1.807, 2.05) is 0 Å². The third-order valence-electron chi connectivity index (χ3n) is 3.88. The highest BCUT2D eigenvalue weighted by atomic mass is 16.5. The highest BCUT2D eigenvalue weighted by Crippen LogP contribution is 2.28. The van der Waals surface area contributed by atoms with Gasteiger partial charge in [0.2, 0.25) is 5.91 Å². The molecule has 7 heteroatoms. The smallest absolute Gasteiger partial charge is 0.267 e. The predicted octanol–water partition coefficient (Wildman–Crippen LogP) is 1.64. The molecule has 0 saturated heterocycles. The minimum absolute atomic E-state index is 0.185. The molecule has 0 aliphatic carbocycles. The Morgan fingerprint density at radius 2 is 1.77 bits per heavy atom. The van der Waals surface area contributed by atoms with Crippen LogP contribution in [-0.2, 0) is 9.59 Å². The van der Waals surface area contributed by atoms with Gasteiger partial charge in [0.05, 0.1) is 14.2 Å². The summed E-state index contributed by atoms with van der Waals surface area (Å²) in [4.78, 5) is 26.1. The molecular formula is C19H29N3O4. The summed E-state index contributed by atoms with van der Waals surface area (Å²) < 4.78 is 10.5. The molecule has 26 heavy (non-hydrogen) atoms. The van der Waals surface area contributed by atoms with Crippen LogP contribution >= 0.6 is 0 Å².